The summed E-state index contributed by atoms with van der Waals surface area (Å²) in [7, 11) is 0. The molecule has 4 heterocycles. The lowest BCUT2D eigenvalue weighted by molar-refractivity contribution is 0.332. The summed E-state index contributed by atoms with van der Waals surface area (Å²) < 4.78 is 10.8. The van der Waals surface area contributed by atoms with Crippen molar-refractivity contribution in [2.75, 3.05) is 14.6 Å². The van der Waals surface area contributed by atoms with Crippen molar-refractivity contribution < 1.29 is 4.42 Å². The number of nitrogens with zero attached hydrogens (tertiary/aromatic N) is 3. The first-order chi connectivity index (χ1) is 45.9. The Bertz CT molecular complexity index is 5050. The molecule has 6 heteroatoms. The van der Waals surface area contributed by atoms with Crippen molar-refractivity contribution in [1.82, 2.24) is 0 Å². The third kappa shape index (κ3) is 10.1. The molecule has 2 aromatic heterocycles. The van der Waals surface area contributed by atoms with E-state index in [-0.39, 0.29) is 55.6 Å². The molecule has 9 aromatic carbocycles. The van der Waals surface area contributed by atoms with Crippen LogP contribution in [0.5, 0.6) is 0 Å². The van der Waals surface area contributed by atoms with Crippen LogP contribution in [-0.2, 0) is 48.7 Å². The first-order valence-electron chi connectivity index (χ1n) is 36.7. The third-order valence-electron chi connectivity index (χ3n) is 24.7. The van der Waals surface area contributed by atoms with Gasteiger partial charge >= 0.3 is 6.85 Å². The van der Waals surface area contributed by atoms with Crippen LogP contribution in [0.15, 0.2) is 168 Å². The minimum absolute atomic E-state index is 0.0305. The van der Waals surface area contributed by atoms with E-state index >= 15 is 0 Å². The Kier molecular flexibility index (Phi) is 14.1. The summed E-state index contributed by atoms with van der Waals surface area (Å²) in [6, 6.07) is 65.7. The van der Waals surface area contributed by atoms with Crippen molar-refractivity contribution in [2.24, 2.45) is 0 Å². The molecule has 3 aliphatic carbocycles. The predicted molar refractivity (Wildman–Crippen MR) is 425 cm³/mol. The molecule has 98 heavy (non-hydrogen) atoms. The maximum atomic E-state index is 8.09. The van der Waals surface area contributed by atoms with Gasteiger partial charge in [0.1, 0.15) is 5.58 Å². The second-order valence-electron chi connectivity index (χ2n) is 37.4. The molecule has 0 bridgehead atoms. The highest BCUT2D eigenvalue weighted by atomic mass is 32.1. The van der Waals surface area contributed by atoms with Gasteiger partial charge in [-0.25, -0.2) is 0 Å². The van der Waals surface area contributed by atoms with E-state index in [1.807, 2.05) is 11.3 Å². The Balaban J connectivity index is 1.11. The van der Waals surface area contributed by atoms with Gasteiger partial charge in [0.2, 0.25) is 5.88 Å². The van der Waals surface area contributed by atoms with Gasteiger partial charge in [-0.3, -0.25) is 4.90 Å². The number of thiophene rings is 1. The van der Waals surface area contributed by atoms with Crippen molar-refractivity contribution in [1.29, 1.82) is 0 Å². The summed E-state index contributed by atoms with van der Waals surface area (Å²) in [5.41, 5.74) is 28.8. The molecule has 500 valence electrons. The number of furan rings is 1. The Morgan fingerprint density at radius 3 is 1.44 bits per heavy atom. The lowest BCUT2D eigenvalue weighted by Gasteiger charge is -2.46. The standard InChI is InChI=1S/C92H102BN3OS/c1-84(2,3)56-27-32-59(33-28-56)94(60-34-29-57(30-35-60)85(4,5)6)62-48-67-79-75(40-37-63-65-51-70-73(54-78(65)98-82(63)79)92(20,21)46-44-89(70,14)15)96(61-36-38-68-69(49-61)88(12,13)42-41-87(68,10)11)93-80(67)76(50-62)95(74-39-31-58(86(7,8)9)47-64(74)55-25-23-22-24-26-55)83-81(93)66-52-71-72(53-77(66)97-83)91(18,19)45-43-90(71,16)17/h22-40,47-54H,41-46H2,1-21H3. The van der Waals surface area contributed by atoms with E-state index in [1.165, 1.54) is 133 Å². The van der Waals surface area contributed by atoms with E-state index < -0.39 is 0 Å². The molecule has 0 unspecified atom stereocenters. The zero-order chi connectivity index (χ0) is 69.3. The van der Waals surface area contributed by atoms with Crippen LogP contribution in [0.2, 0.25) is 0 Å². The molecule has 2 aliphatic heterocycles. The first kappa shape index (κ1) is 64.9. The normalized spacial score (nSPS) is 18.4. The molecule has 0 radical (unpaired) electrons. The van der Waals surface area contributed by atoms with Gasteiger partial charge in [-0.15, -0.1) is 11.3 Å². The minimum Gasteiger partial charge on any atom is -0.440 e. The molecule has 5 aliphatic rings. The van der Waals surface area contributed by atoms with Gasteiger partial charge in [-0.1, -0.05) is 218 Å². The fraction of sp³-hybridized carbons (Fsp3) is 0.391. The largest absolute Gasteiger partial charge is 0.440 e. The monoisotopic (exact) mass is 1310 g/mol. The van der Waals surface area contributed by atoms with Crippen molar-refractivity contribution in [3.05, 3.63) is 214 Å². The number of benzene rings is 9. The topological polar surface area (TPSA) is 22.9 Å². The summed E-state index contributed by atoms with van der Waals surface area (Å²) in [4.78, 5) is 7.97. The lowest BCUT2D eigenvalue weighted by Crippen LogP contribution is -2.61. The van der Waals surface area contributed by atoms with Gasteiger partial charge in [0.05, 0.1) is 5.69 Å². The van der Waals surface area contributed by atoms with Crippen LogP contribution in [-0.4, -0.2) is 6.85 Å². The molecular weight excluding hydrogens is 1210 g/mol. The number of anilines is 8. The van der Waals surface area contributed by atoms with Gasteiger partial charge in [0.15, 0.2) is 0 Å². The van der Waals surface area contributed by atoms with Crippen LogP contribution >= 0.6 is 11.3 Å². The van der Waals surface area contributed by atoms with E-state index in [9.17, 15) is 0 Å². The Hall–Kier alpha value is -7.80. The molecule has 0 saturated carbocycles. The highest BCUT2D eigenvalue weighted by Crippen LogP contribution is 2.59. The SMILES string of the molecule is CC(C)(C)c1ccc(N(c2ccc(C(C)(C)C)cc2)c2cc3c4c(c2)N(c2ccc(C(C)(C)C)cc2-c2ccccc2)c2oc5cc6c(cc5c2B4N(c2ccc4c(c2)C(C)(C)CCC4(C)C)c2ccc4c(sc5cc7c(cc54)C(C)(C)CCC7(C)C)c2-3)C(C)(C)CCC6(C)C)cc1. The fourth-order valence-electron chi connectivity index (χ4n) is 18.0. The summed E-state index contributed by atoms with van der Waals surface area (Å²) in [5.74, 6) is 0.876. The van der Waals surface area contributed by atoms with Crippen molar-refractivity contribution in [2.45, 2.75) is 233 Å². The average molecular weight is 1310 g/mol. The van der Waals surface area contributed by atoms with Crippen LogP contribution in [0.1, 0.15) is 234 Å². The molecule has 4 nitrogen and oxygen atoms in total. The second kappa shape index (κ2) is 21.4. The van der Waals surface area contributed by atoms with E-state index in [0.29, 0.717) is 0 Å². The molecule has 11 aromatic rings. The predicted octanol–water partition coefficient (Wildman–Crippen LogP) is 25.6. The van der Waals surface area contributed by atoms with E-state index in [1.54, 1.807) is 0 Å². The van der Waals surface area contributed by atoms with E-state index in [4.69, 9.17) is 4.42 Å². The van der Waals surface area contributed by atoms with Gasteiger partial charge in [-0.2, -0.15) is 0 Å². The number of rotatable bonds is 6. The summed E-state index contributed by atoms with van der Waals surface area (Å²) in [6.07, 6.45) is 6.84. The lowest BCUT2D eigenvalue weighted by atomic mass is 9.43. The number of hydrogen-bond donors (Lipinski definition) is 0. The molecule has 0 spiro atoms. The van der Waals surface area contributed by atoms with Crippen LogP contribution in [0.4, 0.5) is 45.7 Å². The quantitative estimate of drug-likeness (QED) is 0.155. The highest BCUT2D eigenvalue weighted by molar-refractivity contribution is 7.26. The minimum atomic E-state index is -0.315. The average Bonchev–Trinajstić information content (AvgIpc) is 1.35. The summed E-state index contributed by atoms with van der Waals surface area (Å²) in [5, 5.41) is 3.88. The van der Waals surface area contributed by atoms with Gasteiger partial charge in [0.25, 0.3) is 0 Å². The number of fused-ring (bicyclic) bond motifs is 13. The Morgan fingerprint density at radius 1 is 0.398 bits per heavy atom. The van der Waals surface area contributed by atoms with Crippen LogP contribution in [0.25, 0.3) is 53.4 Å². The molecule has 0 atom stereocenters. The maximum Gasteiger partial charge on any atom is 0.337 e. The smallest absolute Gasteiger partial charge is 0.337 e. The highest BCUT2D eigenvalue weighted by Gasteiger charge is 2.51. The van der Waals surface area contributed by atoms with Crippen LogP contribution in [0.3, 0.4) is 0 Å². The molecule has 0 fully saturated rings. The van der Waals surface area contributed by atoms with Crippen molar-refractivity contribution >= 4 is 106 Å². The summed E-state index contributed by atoms with van der Waals surface area (Å²) in [6.45, 7) is 50.4. The Labute approximate surface area is 590 Å². The van der Waals surface area contributed by atoms with Crippen LogP contribution in [0, 0.1) is 0 Å². The third-order valence-corrected chi connectivity index (χ3v) is 25.9. The van der Waals surface area contributed by atoms with Crippen molar-refractivity contribution in [3.63, 3.8) is 0 Å². The first-order valence-corrected chi connectivity index (χ1v) is 37.5. The number of hydrogen-bond acceptors (Lipinski definition) is 5. The molecule has 16 rings (SSSR count). The maximum absolute atomic E-state index is 8.09. The van der Waals surface area contributed by atoms with Gasteiger partial charge in [-0.05, 0) is 245 Å². The zero-order valence-electron chi connectivity index (χ0n) is 62.6. The molecule has 0 amide bonds. The summed E-state index contributed by atoms with van der Waals surface area (Å²) >= 11 is 2.01. The molecule has 0 N–H and O–H groups in total. The van der Waals surface area contributed by atoms with Crippen molar-refractivity contribution in [3.8, 4) is 22.3 Å². The van der Waals surface area contributed by atoms with E-state index in [0.717, 1.165) is 65.6 Å². The zero-order valence-corrected chi connectivity index (χ0v) is 63.4. The Morgan fingerprint density at radius 2 is 0.888 bits per heavy atom. The second-order valence-corrected chi connectivity index (χ2v) is 38.4. The molecule has 0 saturated heterocycles. The van der Waals surface area contributed by atoms with Gasteiger partial charge < -0.3 is 14.1 Å². The van der Waals surface area contributed by atoms with Crippen LogP contribution < -0.4 is 25.5 Å². The fourth-order valence-corrected chi connectivity index (χ4v) is 19.3. The van der Waals surface area contributed by atoms with E-state index in [2.05, 4.69) is 324 Å². The van der Waals surface area contributed by atoms with Gasteiger partial charge in [0, 0.05) is 76.3 Å². The molecular formula is C92H102BN3OS.